The molecular formula is C11H18N2O4S. The third kappa shape index (κ3) is 3.58. The highest BCUT2D eigenvalue weighted by Crippen LogP contribution is 2.12. The van der Waals surface area contributed by atoms with Gasteiger partial charge in [-0.05, 0) is 24.5 Å². The molecule has 2 N–H and O–H groups in total. The molecule has 0 aliphatic carbocycles. The number of aromatic nitrogens is 1. The number of rotatable bonds is 6. The van der Waals surface area contributed by atoms with E-state index in [2.05, 4.69) is 4.72 Å². The smallest absolute Gasteiger partial charge is 0.321 e. The highest BCUT2D eigenvalue weighted by molar-refractivity contribution is 7.89. The summed E-state index contributed by atoms with van der Waals surface area (Å²) < 4.78 is 27.7. The molecule has 1 rings (SSSR count). The fourth-order valence-corrected chi connectivity index (χ4v) is 3.03. The van der Waals surface area contributed by atoms with Gasteiger partial charge in [-0.3, -0.25) is 4.79 Å². The van der Waals surface area contributed by atoms with E-state index in [-0.39, 0.29) is 17.4 Å². The van der Waals surface area contributed by atoms with Crippen molar-refractivity contribution in [1.29, 1.82) is 0 Å². The number of nitrogens with zero attached hydrogens (tertiary/aromatic N) is 1. The van der Waals surface area contributed by atoms with Crippen LogP contribution in [0.2, 0.25) is 0 Å². The second kappa shape index (κ2) is 5.53. The number of carbonyl (C=O) groups is 1. The van der Waals surface area contributed by atoms with Crippen molar-refractivity contribution < 1.29 is 18.3 Å². The third-order valence-corrected chi connectivity index (χ3v) is 4.04. The number of aliphatic carboxylic acids is 1. The molecule has 1 atom stereocenters. The van der Waals surface area contributed by atoms with Crippen LogP contribution < -0.4 is 4.72 Å². The third-order valence-electron chi connectivity index (χ3n) is 2.47. The van der Waals surface area contributed by atoms with Gasteiger partial charge in [0.25, 0.3) is 10.0 Å². The monoisotopic (exact) mass is 274 g/mol. The minimum absolute atomic E-state index is 0.0532. The topological polar surface area (TPSA) is 88.4 Å². The van der Waals surface area contributed by atoms with Crippen LogP contribution >= 0.6 is 0 Å². The molecule has 0 aliphatic rings. The molecular weight excluding hydrogens is 256 g/mol. The summed E-state index contributed by atoms with van der Waals surface area (Å²) in [6, 6.07) is 1.91. The lowest BCUT2D eigenvalue weighted by molar-refractivity contribution is -0.139. The van der Waals surface area contributed by atoms with Gasteiger partial charge in [-0.15, -0.1) is 0 Å². The van der Waals surface area contributed by atoms with Crippen molar-refractivity contribution >= 4 is 16.0 Å². The summed E-state index contributed by atoms with van der Waals surface area (Å²) in [6.07, 6.45) is 1.84. The van der Waals surface area contributed by atoms with E-state index in [0.29, 0.717) is 0 Å². The zero-order valence-electron chi connectivity index (χ0n) is 10.6. The molecule has 1 aromatic heterocycles. The molecule has 0 amide bonds. The van der Waals surface area contributed by atoms with Crippen LogP contribution in [-0.2, 0) is 21.9 Å². The summed E-state index contributed by atoms with van der Waals surface area (Å²) in [5.41, 5.74) is 0. The Morgan fingerprint density at radius 3 is 2.50 bits per heavy atom. The number of nitrogens with one attached hydrogen (secondary N) is 1. The Hall–Kier alpha value is -1.34. The predicted molar refractivity (Wildman–Crippen MR) is 66.6 cm³/mol. The van der Waals surface area contributed by atoms with Crippen LogP contribution in [0.25, 0.3) is 0 Å². The van der Waals surface area contributed by atoms with Crippen LogP contribution in [0.3, 0.4) is 0 Å². The number of carboxylic acids is 1. The van der Waals surface area contributed by atoms with E-state index < -0.39 is 22.0 Å². The molecule has 0 fully saturated rings. The fraction of sp³-hybridized carbons (Fsp3) is 0.545. The molecule has 1 aromatic rings. The van der Waals surface area contributed by atoms with Gasteiger partial charge in [-0.2, -0.15) is 4.72 Å². The number of aryl methyl sites for hydroxylation is 1. The first-order valence-corrected chi connectivity index (χ1v) is 7.09. The molecule has 18 heavy (non-hydrogen) atoms. The number of hydrogen-bond acceptors (Lipinski definition) is 3. The largest absolute Gasteiger partial charge is 0.480 e. The minimum atomic E-state index is -3.81. The highest BCUT2D eigenvalue weighted by atomic mass is 32.2. The molecule has 0 saturated carbocycles. The molecule has 0 bridgehead atoms. The van der Waals surface area contributed by atoms with Crippen molar-refractivity contribution in [2.24, 2.45) is 13.0 Å². The molecule has 0 aliphatic heterocycles. The van der Waals surface area contributed by atoms with E-state index >= 15 is 0 Å². The van der Waals surface area contributed by atoms with Crippen LogP contribution in [0.15, 0.2) is 23.4 Å². The van der Waals surface area contributed by atoms with Gasteiger partial charge in [0.2, 0.25) is 0 Å². The van der Waals surface area contributed by atoms with Crippen LogP contribution in [0.4, 0.5) is 0 Å². The van der Waals surface area contributed by atoms with Crippen molar-refractivity contribution in [2.45, 2.75) is 31.3 Å². The van der Waals surface area contributed by atoms with Gasteiger partial charge >= 0.3 is 5.97 Å². The second-order valence-electron chi connectivity index (χ2n) is 4.60. The second-order valence-corrected chi connectivity index (χ2v) is 6.26. The summed E-state index contributed by atoms with van der Waals surface area (Å²) in [4.78, 5) is 11.0. The SMILES string of the molecule is CC(C)C[C@H](NS(=O)(=O)c1cccn1C)C(=O)O. The van der Waals surface area contributed by atoms with Gasteiger partial charge in [0, 0.05) is 13.2 Å². The lowest BCUT2D eigenvalue weighted by atomic mass is 10.1. The molecule has 102 valence electrons. The summed E-state index contributed by atoms with van der Waals surface area (Å²) in [7, 11) is -2.22. The Morgan fingerprint density at radius 1 is 1.50 bits per heavy atom. The van der Waals surface area contributed by atoms with Gasteiger partial charge < -0.3 is 9.67 Å². The maximum absolute atomic E-state index is 12.0. The average Bonchev–Trinajstić information content (AvgIpc) is 2.62. The lowest BCUT2D eigenvalue weighted by Crippen LogP contribution is -2.42. The Balaban J connectivity index is 2.94. The standard InChI is InChI=1S/C11H18N2O4S/c1-8(2)7-9(11(14)15)12-18(16,17)10-5-4-6-13(10)3/h4-6,8-9,12H,7H2,1-3H3,(H,14,15)/t9-/m0/s1. The van der Waals surface area contributed by atoms with Crippen molar-refractivity contribution in [2.75, 3.05) is 0 Å². The molecule has 1 heterocycles. The Bertz CT molecular complexity index is 519. The average molecular weight is 274 g/mol. The first kappa shape index (κ1) is 14.7. The Labute approximate surface area is 107 Å². The van der Waals surface area contributed by atoms with E-state index in [1.807, 2.05) is 13.8 Å². The van der Waals surface area contributed by atoms with E-state index in [9.17, 15) is 13.2 Å². The van der Waals surface area contributed by atoms with E-state index in [0.717, 1.165) is 0 Å². The molecule has 6 nitrogen and oxygen atoms in total. The molecule has 0 aromatic carbocycles. The van der Waals surface area contributed by atoms with Crippen LogP contribution in [-0.4, -0.2) is 30.1 Å². The van der Waals surface area contributed by atoms with Gasteiger partial charge in [0.1, 0.15) is 11.1 Å². The normalized spacial score (nSPS) is 13.8. The first-order valence-electron chi connectivity index (χ1n) is 5.60. The zero-order valence-corrected chi connectivity index (χ0v) is 11.4. The van der Waals surface area contributed by atoms with Crippen LogP contribution in [0.5, 0.6) is 0 Å². The van der Waals surface area contributed by atoms with Crippen molar-refractivity contribution in [1.82, 2.24) is 9.29 Å². The molecule has 0 unspecified atom stereocenters. The van der Waals surface area contributed by atoms with E-state index in [1.165, 1.54) is 10.6 Å². The Morgan fingerprint density at radius 2 is 2.11 bits per heavy atom. The summed E-state index contributed by atoms with van der Waals surface area (Å²) in [6.45, 7) is 3.68. The Kier molecular flexibility index (Phi) is 4.53. The zero-order chi connectivity index (χ0) is 13.9. The maximum Gasteiger partial charge on any atom is 0.321 e. The number of sulfonamides is 1. The lowest BCUT2D eigenvalue weighted by Gasteiger charge is -2.16. The molecule has 7 heteroatoms. The minimum Gasteiger partial charge on any atom is -0.480 e. The quantitative estimate of drug-likeness (QED) is 0.803. The fourth-order valence-electron chi connectivity index (χ4n) is 1.64. The van der Waals surface area contributed by atoms with Crippen molar-refractivity contribution in [3.63, 3.8) is 0 Å². The predicted octanol–water partition coefficient (Wildman–Crippen LogP) is 0.803. The highest BCUT2D eigenvalue weighted by Gasteiger charge is 2.27. The van der Waals surface area contributed by atoms with Crippen LogP contribution in [0, 0.1) is 5.92 Å². The van der Waals surface area contributed by atoms with Gasteiger partial charge in [0.15, 0.2) is 0 Å². The molecule has 0 radical (unpaired) electrons. The first-order chi connectivity index (χ1) is 8.24. The maximum atomic E-state index is 12.0. The van der Waals surface area contributed by atoms with Gasteiger partial charge in [-0.1, -0.05) is 13.8 Å². The summed E-state index contributed by atoms with van der Waals surface area (Å²) in [5, 5.41) is 9.07. The van der Waals surface area contributed by atoms with Gasteiger partial charge in [0.05, 0.1) is 0 Å². The summed E-state index contributed by atoms with van der Waals surface area (Å²) in [5.74, 6) is -1.08. The molecule has 0 saturated heterocycles. The summed E-state index contributed by atoms with van der Waals surface area (Å²) >= 11 is 0. The van der Waals surface area contributed by atoms with Crippen molar-refractivity contribution in [3.05, 3.63) is 18.3 Å². The van der Waals surface area contributed by atoms with E-state index in [1.54, 1.807) is 19.3 Å². The van der Waals surface area contributed by atoms with E-state index in [4.69, 9.17) is 5.11 Å². The number of carboxylic acid groups (broad SMARTS) is 1. The number of hydrogen-bond donors (Lipinski definition) is 2. The van der Waals surface area contributed by atoms with Crippen LogP contribution in [0.1, 0.15) is 20.3 Å². The van der Waals surface area contributed by atoms with Gasteiger partial charge in [-0.25, -0.2) is 8.42 Å². The molecule has 0 spiro atoms. The van der Waals surface area contributed by atoms with Crippen molar-refractivity contribution in [3.8, 4) is 0 Å².